The Morgan fingerprint density at radius 3 is 2.65 bits per heavy atom. The van der Waals surface area contributed by atoms with Gasteiger partial charge in [0.05, 0.1) is 12.0 Å². The quantitative estimate of drug-likeness (QED) is 0.855. The monoisotopic (exact) mass is 276 g/mol. The molecule has 5 heteroatoms. The SMILES string of the molecule is OC1CCCCCC1c1nc(-c2ccc(F)cc2)no1. The second kappa shape index (κ2) is 5.71. The second-order valence-electron chi connectivity index (χ2n) is 5.27. The van der Waals surface area contributed by atoms with Crippen molar-refractivity contribution in [1.82, 2.24) is 10.1 Å². The summed E-state index contributed by atoms with van der Waals surface area (Å²) < 4.78 is 18.2. The van der Waals surface area contributed by atoms with Gasteiger partial charge in [-0.2, -0.15) is 4.98 Å². The summed E-state index contributed by atoms with van der Waals surface area (Å²) in [6.45, 7) is 0. The van der Waals surface area contributed by atoms with Gasteiger partial charge in [0.25, 0.3) is 0 Å². The van der Waals surface area contributed by atoms with Gasteiger partial charge in [0.1, 0.15) is 5.82 Å². The molecule has 1 saturated carbocycles. The Balaban J connectivity index is 1.83. The minimum absolute atomic E-state index is 0.0841. The molecule has 3 rings (SSSR count). The van der Waals surface area contributed by atoms with E-state index in [0.29, 0.717) is 17.3 Å². The number of benzene rings is 1. The minimum atomic E-state index is -0.418. The molecule has 0 aliphatic heterocycles. The molecular formula is C15H17FN2O2. The maximum Gasteiger partial charge on any atom is 0.232 e. The number of aliphatic hydroxyl groups is 1. The molecule has 20 heavy (non-hydrogen) atoms. The van der Waals surface area contributed by atoms with E-state index in [1.807, 2.05) is 0 Å². The lowest BCUT2D eigenvalue weighted by Gasteiger charge is -2.15. The van der Waals surface area contributed by atoms with E-state index in [0.717, 1.165) is 32.1 Å². The van der Waals surface area contributed by atoms with E-state index in [1.54, 1.807) is 12.1 Å². The Labute approximate surface area is 116 Å². The van der Waals surface area contributed by atoms with Crippen LogP contribution in [0.5, 0.6) is 0 Å². The first kappa shape index (κ1) is 13.2. The summed E-state index contributed by atoms with van der Waals surface area (Å²) in [5.41, 5.74) is 0.713. The Bertz CT molecular complexity index is 568. The lowest BCUT2D eigenvalue weighted by molar-refractivity contribution is 0.119. The summed E-state index contributed by atoms with van der Waals surface area (Å²) in [7, 11) is 0. The zero-order valence-corrected chi connectivity index (χ0v) is 11.1. The third-order valence-electron chi connectivity index (χ3n) is 3.84. The number of nitrogens with zero attached hydrogens (tertiary/aromatic N) is 2. The van der Waals surface area contributed by atoms with Crippen molar-refractivity contribution in [3.63, 3.8) is 0 Å². The fourth-order valence-corrected chi connectivity index (χ4v) is 2.68. The van der Waals surface area contributed by atoms with Crippen molar-refractivity contribution in [2.45, 2.75) is 44.1 Å². The van der Waals surface area contributed by atoms with Gasteiger partial charge in [-0.25, -0.2) is 4.39 Å². The minimum Gasteiger partial charge on any atom is -0.392 e. The topological polar surface area (TPSA) is 59.2 Å². The number of rotatable bonds is 2. The molecule has 2 atom stereocenters. The molecule has 0 amide bonds. The van der Waals surface area contributed by atoms with Gasteiger partial charge < -0.3 is 9.63 Å². The van der Waals surface area contributed by atoms with Crippen molar-refractivity contribution in [1.29, 1.82) is 0 Å². The van der Waals surface area contributed by atoms with E-state index >= 15 is 0 Å². The summed E-state index contributed by atoms with van der Waals surface area (Å²) in [5, 5.41) is 14.1. The van der Waals surface area contributed by atoms with Gasteiger partial charge in [-0.3, -0.25) is 0 Å². The van der Waals surface area contributed by atoms with Crippen LogP contribution in [0.3, 0.4) is 0 Å². The van der Waals surface area contributed by atoms with Crippen LogP contribution in [-0.4, -0.2) is 21.4 Å². The molecule has 1 N–H and O–H groups in total. The summed E-state index contributed by atoms with van der Waals surface area (Å²) in [4.78, 5) is 4.37. The Morgan fingerprint density at radius 2 is 1.85 bits per heavy atom. The fourth-order valence-electron chi connectivity index (χ4n) is 2.68. The summed E-state index contributed by atoms with van der Waals surface area (Å²) in [6.07, 6.45) is 4.46. The highest BCUT2D eigenvalue weighted by molar-refractivity contribution is 5.53. The molecular weight excluding hydrogens is 259 g/mol. The van der Waals surface area contributed by atoms with Crippen LogP contribution in [0, 0.1) is 5.82 Å². The molecule has 1 aromatic heterocycles. The van der Waals surface area contributed by atoms with Gasteiger partial charge in [0.15, 0.2) is 0 Å². The number of hydrogen-bond acceptors (Lipinski definition) is 4. The molecule has 0 saturated heterocycles. The standard InChI is InChI=1S/C15H17FN2O2/c16-11-8-6-10(7-9-11)14-17-15(20-18-14)12-4-2-1-3-5-13(12)19/h6-9,12-13,19H,1-5H2. The lowest BCUT2D eigenvalue weighted by Crippen LogP contribution is -2.17. The van der Waals surface area contributed by atoms with Gasteiger partial charge in [0.2, 0.25) is 11.7 Å². The predicted octanol–water partition coefficient (Wildman–Crippen LogP) is 3.28. The third kappa shape index (κ3) is 2.72. The van der Waals surface area contributed by atoms with Crippen LogP contribution in [0.2, 0.25) is 0 Å². The first-order valence-electron chi connectivity index (χ1n) is 7.01. The molecule has 1 aliphatic carbocycles. The average molecular weight is 276 g/mol. The molecule has 4 nitrogen and oxygen atoms in total. The summed E-state index contributed by atoms with van der Waals surface area (Å²) in [6, 6.07) is 5.97. The molecule has 2 aromatic rings. The average Bonchev–Trinajstić information content (AvgIpc) is 2.83. The van der Waals surface area contributed by atoms with Crippen LogP contribution in [0.1, 0.15) is 43.9 Å². The first-order valence-corrected chi connectivity index (χ1v) is 7.01. The van der Waals surface area contributed by atoms with Gasteiger partial charge in [-0.1, -0.05) is 24.4 Å². The molecule has 0 radical (unpaired) electrons. The zero-order valence-electron chi connectivity index (χ0n) is 11.1. The Morgan fingerprint density at radius 1 is 1.10 bits per heavy atom. The lowest BCUT2D eigenvalue weighted by atomic mass is 9.97. The predicted molar refractivity (Wildman–Crippen MR) is 71.5 cm³/mol. The van der Waals surface area contributed by atoms with Gasteiger partial charge in [-0.15, -0.1) is 0 Å². The molecule has 106 valence electrons. The summed E-state index contributed by atoms with van der Waals surface area (Å²) in [5.74, 6) is 0.547. The maximum atomic E-state index is 12.9. The maximum absolute atomic E-state index is 12.9. The van der Waals surface area contributed by atoms with E-state index in [2.05, 4.69) is 10.1 Å². The van der Waals surface area contributed by atoms with Crippen LogP contribution >= 0.6 is 0 Å². The largest absolute Gasteiger partial charge is 0.392 e. The van der Waals surface area contributed by atoms with E-state index in [9.17, 15) is 9.50 Å². The first-order chi connectivity index (χ1) is 9.74. The number of hydrogen-bond donors (Lipinski definition) is 1. The summed E-state index contributed by atoms with van der Waals surface area (Å²) >= 11 is 0. The van der Waals surface area contributed by atoms with Crippen molar-refractivity contribution < 1.29 is 14.0 Å². The Hall–Kier alpha value is -1.75. The molecule has 1 aromatic carbocycles. The van der Waals surface area contributed by atoms with Crippen LogP contribution in [0.15, 0.2) is 28.8 Å². The fraction of sp³-hybridized carbons (Fsp3) is 0.467. The van der Waals surface area contributed by atoms with Crippen LogP contribution in [-0.2, 0) is 0 Å². The van der Waals surface area contributed by atoms with Crippen LogP contribution < -0.4 is 0 Å². The van der Waals surface area contributed by atoms with Crippen molar-refractivity contribution in [2.24, 2.45) is 0 Å². The highest BCUT2D eigenvalue weighted by Crippen LogP contribution is 2.32. The molecule has 1 heterocycles. The van der Waals surface area contributed by atoms with Crippen LogP contribution in [0.4, 0.5) is 4.39 Å². The molecule has 0 bridgehead atoms. The van der Waals surface area contributed by atoms with Gasteiger partial charge >= 0.3 is 0 Å². The van der Waals surface area contributed by atoms with Crippen molar-refractivity contribution >= 4 is 0 Å². The highest BCUT2D eigenvalue weighted by Gasteiger charge is 2.28. The van der Waals surface area contributed by atoms with E-state index < -0.39 is 6.10 Å². The van der Waals surface area contributed by atoms with E-state index in [1.165, 1.54) is 12.1 Å². The van der Waals surface area contributed by atoms with Crippen molar-refractivity contribution in [2.75, 3.05) is 0 Å². The molecule has 1 fully saturated rings. The molecule has 1 aliphatic rings. The molecule has 2 unspecified atom stereocenters. The van der Waals surface area contributed by atoms with Crippen LogP contribution in [0.25, 0.3) is 11.4 Å². The van der Waals surface area contributed by atoms with Crippen molar-refractivity contribution in [3.8, 4) is 11.4 Å². The van der Waals surface area contributed by atoms with Gasteiger partial charge in [0, 0.05) is 5.56 Å². The number of aromatic nitrogens is 2. The smallest absolute Gasteiger partial charge is 0.232 e. The number of aliphatic hydroxyl groups excluding tert-OH is 1. The van der Waals surface area contributed by atoms with E-state index in [4.69, 9.17) is 4.52 Å². The zero-order chi connectivity index (χ0) is 13.9. The highest BCUT2D eigenvalue weighted by atomic mass is 19.1. The Kier molecular flexibility index (Phi) is 3.78. The number of halogens is 1. The normalized spacial score (nSPS) is 23.5. The van der Waals surface area contributed by atoms with E-state index in [-0.39, 0.29) is 11.7 Å². The molecule has 0 spiro atoms. The van der Waals surface area contributed by atoms with Gasteiger partial charge in [-0.05, 0) is 37.1 Å². The second-order valence-corrected chi connectivity index (χ2v) is 5.27. The third-order valence-corrected chi connectivity index (χ3v) is 3.84. The van der Waals surface area contributed by atoms with Crippen molar-refractivity contribution in [3.05, 3.63) is 36.0 Å².